The van der Waals surface area contributed by atoms with Crippen molar-refractivity contribution in [3.05, 3.63) is 35.4 Å². The fraction of sp³-hybridized carbons (Fsp3) is 0.500. The van der Waals surface area contributed by atoms with Crippen molar-refractivity contribution in [3.8, 4) is 0 Å². The van der Waals surface area contributed by atoms with E-state index in [0.29, 0.717) is 12.5 Å². The average molecular weight is 272 g/mol. The minimum atomic E-state index is -0.330. The van der Waals surface area contributed by atoms with Gasteiger partial charge in [0.1, 0.15) is 6.04 Å². The first-order valence-electron chi connectivity index (χ1n) is 7.23. The number of rotatable bonds is 3. The number of piperazine rings is 1. The maximum absolute atomic E-state index is 12.2. The van der Waals surface area contributed by atoms with E-state index in [2.05, 4.69) is 17.4 Å². The van der Waals surface area contributed by atoms with Crippen LogP contribution in [0.5, 0.6) is 0 Å². The van der Waals surface area contributed by atoms with Crippen LogP contribution < -0.4 is 5.32 Å². The van der Waals surface area contributed by atoms with Gasteiger partial charge in [-0.3, -0.25) is 9.59 Å². The molecule has 1 fully saturated rings. The fourth-order valence-corrected chi connectivity index (χ4v) is 3.31. The van der Waals surface area contributed by atoms with Gasteiger partial charge in [-0.25, -0.2) is 0 Å². The molecular formula is C16H20N2O2. The third-order valence-electron chi connectivity index (χ3n) is 4.35. The molecule has 3 rings (SSSR count). The number of nitrogens with one attached hydrogen (secondary N) is 1. The molecule has 1 N–H and O–H groups in total. The summed E-state index contributed by atoms with van der Waals surface area (Å²) in [5.41, 5.74) is 2.70. The van der Waals surface area contributed by atoms with Crippen LogP contribution in [-0.2, 0) is 16.0 Å². The van der Waals surface area contributed by atoms with Crippen LogP contribution in [-0.4, -0.2) is 35.8 Å². The highest BCUT2D eigenvalue weighted by Gasteiger charge is 2.39. The zero-order valence-electron chi connectivity index (χ0n) is 11.9. The summed E-state index contributed by atoms with van der Waals surface area (Å²) in [6.07, 6.45) is 1.01. The lowest BCUT2D eigenvalue weighted by Crippen LogP contribution is -2.61. The van der Waals surface area contributed by atoms with Crippen LogP contribution in [0.1, 0.15) is 30.9 Å². The standard InChI is InChI=1S/C16H20N2O2/c1-10(2)15-16(20)17-8-14(19)18(15)9-12-7-11-5-3-4-6-13(11)12/h3-6,10,12,15H,7-9H2,1-2H3,(H,17,20). The summed E-state index contributed by atoms with van der Waals surface area (Å²) >= 11 is 0. The van der Waals surface area contributed by atoms with Gasteiger partial charge in [-0.05, 0) is 23.5 Å². The molecule has 106 valence electrons. The minimum absolute atomic E-state index is 0.0211. The number of fused-ring (bicyclic) bond motifs is 1. The summed E-state index contributed by atoms with van der Waals surface area (Å²) in [5.74, 6) is 0.525. The number of carbonyl (C=O) groups is 2. The first-order chi connectivity index (χ1) is 9.58. The zero-order valence-corrected chi connectivity index (χ0v) is 11.9. The molecule has 1 aliphatic carbocycles. The third-order valence-corrected chi connectivity index (χ3v) is 4.35. The normalized spacial score (nSPS) is 25.2. The predicted octanol–water partition coefficient (Wildman–Crippen LogP) is 1.31. The second-order valence-corrected chi connectivity index (χ2v) is 6.05. The minimum Gasteiger partial charge on any atom is -0.345 e. The van der Waals surface area contributed by atoms with E-state index in [1.807, 2.05) is 26.0 Å². The molecule has 1 aromatic carbocycles. The molecule has 2 aliphatic rings. The van der Waals surface area contributed by atoms with E-state index in [1.54, 1.807) is 4.90 Å². The monoisotopic (exact) mass is 272 g/mol. The highest BCUT2D eigenvalue weighted by molar-refractivity contribution is 5.95. The maximum Gasteiger partial charge on any atom is 0.243 e. The van der Waals surface area contributed by atoms with Gasteiger partial charge in [0.15, 0.2) is 0 Å². The molecule has 1 saturated heterocycles. The smallest absolute Gasteiger partial charge is 0.243 e. The molecule has 0 radical (unpaired) electrons. The van der Waals surface area contributed by atoms with E-state index in [9.17, 15) is 9.59 Å². The van der Waals surface area contributed by atoms with Crippen molar-refractivity contribution in [2.45, 2.75) is 32.2 Å². The van der Waals surface area contributed by atoms with Crippen molar-refractivity contribution in [3.63, 3.8) is 0 Å². The SMILES string of the molecule is CC(C)C1C(=O)NCC(=O)N1CC1Cc2ccccc21. The Hall–Kier alpha value is -1.84. The summed E-state index contributed by atoms with van der Waals surface area (Å²) in [6, 6.07) is 8.02. The molecule has 1 aromatic rings. The number of benzene rings is 1. The van der Waals surface area contributed by atoms with Gasteiger partial charge in [0.05, 0.1) is 6.54 Å². The Balaban J connectivity index is 1.78. The first kappa shape index (κ1) is 13.2. The van der Waals surface area contributed by atoms with E-state index >= 15 is 0 Å². The molecule has 1 aliphatic heterocycles. The van der Waals surface area contributed by atoms with E-state index in [4.69, 9.17) is 0 Å². The Morgan fingerprint density at radius 2 is 2.05 bits per heavy atom. The number of nitrogens with zero attached hydrogens (tertiary/aromatic N) is 1. The zero-order chi connectivity index (χ0) is 14.3. The molecule has 0 aromatic heterocycles. The summed E-state index contributed by atoms with van der Waals surface area (Å²) in [7, 11) is 0. The first-order valence-corrected chi connectivity index (χ1v) is 7.23. The third kappa shape index (κ3) is 2.09. The Morgan fingerprint density at radius 3 is 2.75 bits per heavy atom. The summed E-state index contributed by atoms with van der Waals surface area (Å²) in [4.78, 5) is 26.0. The Labute approximate surface area is 119 Å². The molecule has 1 heterocycles. The van der Waals surface area contributed by atoms with E-state index in [-0.39, 0.29) is 30.3 Å². The van der Waals surface area contributed by atoms with Gasteiger partial charge >= 0.3 is 0 Å². The van der Waals surface area contributed by atoms with Crippen LogP contribution in [0, 0.1) is 5.92 Å². The number of carbonyl (C=O) groups excluding carboxylic acids is 2. The van der Waals surface area contributed by atoms with Gasteiger partial charge in [-0.1, -0.05) is 38.1 Å². The average Bonchev–Trinajstić information content (AvgIpc) is 2.39. The summed E-state index contributed by atoms with van der Waals surface area (Å²) in [5, 5.41) is 2.69. The van der Waals surface area contributed by atoms with E-state index in [1.165, 1.54) is 11.1 Å². The Kier molecular flexibility index (Phi) is 3.24. The molecular weight excluding hydrogens is 252 g/mol. The van der Waals surface area contributed by atoms with Crippen LogP contribution >= 0.6 is 0 Å². The van der Waals surface area contributed by atoms with Crippen molar-refractivity contribution in [2.24, 2.45) is 5.92 Å². The van der Waals surface area contributed by atoms with Crippen molar-refractivity contribution < 1.29 is 9.59 Å². The second-order valence-electron chi connectivity index (χ2n) is 6.05. The Morgan fingerprint density at radius 1 is 1.30 bits per heavy atom. The van der Waals surface area contributed by atoms with Gasteiger partial charge < -0.3 is 10.2 Å². The van der Waals surface area contributed by atoms with E-state index < -0.39 is 0 Å². The molecule has 4 heteroatoms. The number of hydrogen-bond donors (Lipinski definition) is 1. The highest BCUT2D eigenvalue weighted by atomic mass is 16.2. The highest BCUT2D eigenvalue weighted by Crippen LogP contribution is 2.36. The van der Waals surface area contributed by atoms with E-state index in [0.717, 1.165) is 6.42 Å². The molecule has 0 spiro atoms. The van der Waals surface area contributed by atoms with Crippen molar-refractivity contribution in [2.75, 3.05) is 13.1 Å². The van der Waals surface area contributed by atoms with Crippen LogP contribution in [0.25, 0.3) is 0 Å². The van der Waals surface area contributed by atoms with Crippen molar-refractivity contribution >= 4 is 11.8 Å². The topological polar surface area (TPSA) is 49.4 Å². The van der Waals surface area contributed by atoms with Crippen LogP contribution in [0.15, 0.2) is 24.3 Å². The predicted molar refractivity (Wildman–Crippen MR) is 76.2 cm³/mol. The lowest BCUT2D eigenvalue weighted by molar-refractivity contribution is -0.147. The van der Waals surface area contributed by atoms with Crippen LogP contribution in [0.3, 0.4) is 0 Å². The lowest BCUT2D eigenvalue weighted by atomic mass is 9.77. The molecule has 2 amide bonds. The Bertz CT molecular complexity index is 553. The van der Waals surface area contributed by atoms with Gasteiger partial charge in [0.2, 0.25) is 11.8 Å². The molecule has 2 atom stereocenters. The molecule has 0 saturated carbocycles. The van der Waals surface area contributed by atoms with Crippen LogP contribution in [0.2, 0.25) is 0 Å². The van der Waals surface area contributed by atoms with Gasteiger partial charge in [0.25, 0.3) is 0 Å². The number of hydrogen-bond acceptors (Lipinski definition) is 2. The molecule has 20 heavy (non-hydrogen) atoms. The van der Waals surface area contributed by atoms with Crippen molar-refractivity contribution in [1.82, 2.24) is 10.2 Å². The fourth-order valence-electron chi connectivity index (χ4n) is 3.31. The largest absolute Gasteiger partial charge is 0.345 e. The second kappa shape index (κ2) is 4.93. The summed E-state index contributed by atoms with van der Waals surface area (Å²) in [6.45, 7) is 4.78. The van der Waals surface area contributed by atoms with Gasteiger partial charge in [-0.2, -0.15) is 0 Å². The van der Waals surface area contributed by atoms with Gasteiger partial charge in [-0.15, -0.1) is 0 Å². The van der Waals surface area contributed by atoms with Crippen molar-refractivity contribution in [1.29, 1.82) is 0 Å². The van der Waals surface area contributed by atoms with Crippen LogP contribution in [0.4, 0.5) is 0 Å². The molecule has 2 unspecified atom stereocenters. The maximum atomic E-state index is 12.2. The lowest BCUT2D eigenvalue weighted by Gasteiger charge is -2.41. The number of amides is 2. The molecule has 4 nitrogen and oxygen atoms in total. The quantitative estimate of drug-likeness (QED) is 0.902. The summed E-state index contributed by atoms with van der Waals surface area (Å²) < 4.78 is 0. The molecule has 0 bridgehead atoms. The van der Waals surface area contributed by atoms with Gasteiger partial charge in [0, 0.05) is 12.5 Å².